The van der Waals surface area contributed by atoms with E-state index >= 15 is 4.39 Å². The minimum Gasteiger partial charge on any atom is -0.339 e. The smallest absolute Gasteiger partial charge is 0.270 e. The molecule has 3 heterocycles. The standard InChI is InChI=1S/C35H46FN9O4S/c1-5-45-27(12-15-38-45)31(46)41-30(23-8-6-21(2)7-9-23)33(48)39-26-11-10-24(18-25(26)36)22(3)29(40-32(47)28-19-37-42-50-28)34(49)44-17-16-43(4)35(20-44)13-14-35/h10-12,15,18-19,21-23,29-30H,5-9,13-14,16-17,20H2,1-4H3,(H,39,48)(H,40,47)(H,41,46)/t21?,22-,23?,29+,30-/m0/s1. The lowest BCUT2D eigenvalue weighted by molar-refractivity contribution is -0.137. The number of carbonyl (C=O) groups excluding carboxylic acids is 4. The number of likely N-dealkylation sites (N-methyl/N-ethyl adjacent to an activating group) is 1. The van der Waals surface area contributed by atoms with E-state index in [1.165, 1.54) is 18.3 Å². The van der Waals surface area contributed by atoms with E-state index in [4.69, 9.17) is 0 Å². The maximum absolute atomic E-state index is 15.9. The summed E-state index contributed by atoms with van der Waals surface area (Å²) in [4.78, 5) is 58.7. The number of benzene rings is 1. The molecule has 1 spiro atoms. The summed E-state index contributed by atoms with van der Waals surface area (Å²) in [6, 6.07) is 4.19. The van der Waals surface area contributed by atoms with Gasteiger partial charge in [0.2, 0.25) is 11.8 Å². The van der Waals surface area contributed by atoms with Gasteiger partial charge in [0.1, 0.15) is 28.5 Å². The van der Waals surface area contributed by atoms with Gasteiger partial charge in [0.25, 0.3) is 11.8 Å². The van der Waals surface area contributed by atoms with Crippen molar-refractivity contribution in [3.8, 4) is 0 Å². The lowest BCUT2D eigenvalue weighted by atomic mass is 9.79. The van der Waals surface area contributed by atoms with Gasteiger partial charge in [0.05, 0.1) is 11.9 Å². The highest BCUT2D eigenvalue weighted by Gasteiger charge is 2.51. The first-order valence-electron chi connectivity index (χ1n) is 17.5. The molecule has 3 fully saturated rings. The van der Waals surface area contributed by atoms with Gasteiger partial charge in [0.15, 0.2) is 0 Å². The number of rotatable bonds is 11. The predicted octanol–water partition coefficient (Wildman–Crippen LogP) is 3.67. The maximum Gasteiger partial charge on any atom is 0.270 e. The van der Waals surface area contributed by atoms with Crippen molar-refractivity contribution in [3.63, 3.8) is 0 Å². The molecular formula is C35H46FN9O4S. The van der Waals surface area contributed by atoms with Crippen LogP contribution in [0.15, 0.2) is 36.7 Å². The highest BCUT2D eigenvalue weighted by Crippen LogP contribution is 2.43. The summed E-state index contributed by atoms with van der Waals surface area (Å²) >= 11 is 0.929. The molecule has 1 aromatic carbocycles. The number of carbonyl (C=O) groups is 4. The molecule has 6 rings (SSSR count). The average molecular weight is 708 g/mol. The second kappa shape index (κ2) is 14.9. The third kappa shape index (κ3) is 7.58. The Hall–Kier alpha value is -4.24. The Bertz CT molecular complexity index is 1700. The van der Waals surface area contributed by atoms with Crippen LogP contribution < -0.4 is 16.0 Å². The Labute approximate surface area is 295 Å². The summed E-state index contributed by atoms with van der Waals surface area (Å²) in [7, 11) is 2.07. The van der Waals surface area contributed by atoms with E-state index in [9.17, 15) is 19.2 Å². The van der Waals surface area contributed by atoms with Crippen LogP contribution in [-0.2, 0) is 16.1 Å². The molecule has 0 bridgehead atoms. The molecule has 0 unspecified atom stereocenters. The molecule has 3 aromatic rings. The molecule has 13 nitrogen and oxygen atoms in total. The predicted molar refractivity (Wildman–Crippen MR) is 186 cm³/mol. The van der Waals surface area contributed by atoms with Crippen molar-refractivity contribution in [2.45, 2.75) is 89.4 Å². The summed E-state index contributed by atoms with van der Waals surface area (Å²) in [5, 5.41) is 16.4. The molecule has 50 heavy (non-hydrogen) atoms. The normalized spacial score (nSPS) is 22.0. The van der Waals surface area contributed by atoms with Crippen molar-refractivity contribution in [3.05, 3.63) is 58.6 Å². The lowest BCUT2D eigenvalue weighted by Gasteiger charge is -2.42. The fourth-order valence-corrected chi connectivity index (χ4v) is 7.76. The number of anilines is 1. The van der Waals surface area contributed by atoms with Crippen LogP contribution in [0.4, 0.5) is 10.1 Å². The fourth-order valence-electron chi connectivity index (χ4n) is 7.34. The summed E-state index contributed by atoms with van der Waals surface area (Å²) in [6.45, 7) is 8.16. The number of hydrogen-bond donors (Lipinski definition) is 3. The molecule has 4 amide bonds. The van der Waals surface area contributed by atoms with Gasteiger partial charge >= 0.3 is 0 Å². The molecule has 15 heteroatoms. The zero-order chi connectivity index (χ0) is 35.6. The van der Waals surface area contributed by atoms with Gasteiger partial charge in [-0.3, -0.25) is 28.8 Å². The maximum atomic E-state index is 15.9. The highest BCUT2D eigenvalue weighted by atomic mass is 32.1. The first kappa shape index (κ1) is 35.6. The van der Waals surface area contributed by atoms with Gasteiger partial charge < -0.3 is 20.9 Å². The number of nitrogens with one attached hydrogen (secondary N) is 3. The Morgan fingerprint density at radius 1 is 1.06 bits per heavy atom. The molecule has 2 aliphatic carbocycles. The summed E-state index contributed by atoms with van der Waals surface area (Å²) in [6.07, 6.45) is 8.31. The van der Waals surface area contributed by atoms with Crippen molar-refractivity contribution in [2.75, 3.05) is 32.0 Å². The van der Waals surface area contributed by atoms with E-state index < -0.39 is 41.5 Å². The monoisotopic (exact) mass is 707 g/mol. The summed E-state index contributed by atoms with van der Waals surface area (Å²) in [5.41, 5.74) is 0.774. The van der Waals surface area contributed by atoms with E-state index in [1.54, 1.807) is 34.8 Å². The van der Waals surface area contributed by atoms with E-state index in [0.29, 0.717) is 36.8 Å². The van der Waals surface area contributed by atoms with Crippen LogP contribution in [0.25, 0.3) is 0 Å². The Morgan fingerprint density at radius 2 is 1.82 bits per heavy atom. The zero-order valence-corrected chi connectivity index (χ0v) is 29.8. The summed E-state index contributed by atoms with van der Waals surface area (Å²) in [5.74, 6) is -2.48. The van der Waals surface area contributed by atoms with Crippen molar-refractivity contribution in [1.82, 2.24) is 39.8 Å². The van der Waals surface area contributed by atoms with Crippen molar-refractivity contribution in [2.24, 2.45) is 11.8 Å². The van der Waals surface area contributed by atoms with Gasteiger partial charge in [-0.05, 0) is 86.8 Å². The summed E-state index contributed by atoms with van der Waals surface area (Å²) < 4.78 is 21.2. The van der Waals surface area contributed by atoms with Crippen LogP contribution in [0, 0.1) is 17.7 Å². The highest BCUT2D eigenvalue weighted by molar-refractivity contribution is 7.07. The molecule has 2 saturated carbocycles. The first-order valence-corrected chi connectivity index (χ1v) is 18.3. The first-order chi connectivity index (χ1) is 24.0. The number of halogens is 1. The van der Waals surface area contributed by atoms with Crippen LogP contribution >= 0.6 is 11.5 Å². The zero-order valence-electron chi connectivity index (χ0n) is 29.0. The molecule has 2 aromatic heterocycles. The van der Waals surface area contributed by atoms with Crippen molar-refractivity contribution >= 4 is 40.8 Å². The van der Waals surface area contributed by atoms with Gasteiger partial charge in [-0.1, -0.05) is 37.2 Å². The quantitative estimate of drug-likeness (QED) is 0.273. The Morgan fingerprint density at radius 3 is 2.48 bits per heavy atom. The molecule has 3 atom stereocenters. The molecular weight excluding hydrogens is 662 g/mol. The van der Waals surface area contributed by atoms with Gasteiger partial charge in [-0.15, -0.1) is 5.10 Å². The average Bonchev–Trinajstić information content (AvgIpc) is 3.46. The minimum atomic E-state index is -0.978. The number of hydrogen-bond acceptors (Lipinski definition) is 9. The number of aryl methyl sites for hydroxylation is 1. The van der Waals surface area contributed by atoms with Gasteiger partial charge in [0, 0.05) is 43.8 Å². The van der Waals surface area contributed by atoms with Crippen LogP contribution in [0.3, 0.4) is 0 Å². The van der Waals surface area contributed by atoms with Crippen LogP contribution in [0.5, 0.6) is 0 Å². The second-order valence-electron chi connectivity index (χ2n) is 14.2. The lowest BCUT2D eigenvalue weighted by Crippen LogP contribution is -2.59. The third-order valence-corrected chi connectivity index (χ3v) is 11.6. The number of aromatic nitrogens is 4. The molecule has 268 valence electrons. The van der Waals surface area contributed by atoms with E-state index in [-0.39, 0.29) is 27.9 Å². The van der Waals surface area contributed by atoms with Crippen LogP contribution in [-0.4, -0.2) is 97.1 Å². The fraction of sp³-hybridized carbons (Fsp3) is 0.571. The minimum absolute atomic E-state index is 0.0241. The van der Waals surface area contributed by atoms with E-state index in [1.807, 2.05) is 6.92 Å². The van der Waals surface area contributed by atoms with Gasteiger partial charge in [-0.25, -0.2) is 4.39 Å². The third-order valence-electron chi connectivity index (χ3n) is 10.9. The topological polar surface area (TPSA) is 154 Å². The van der Waals surface area contributed by atoms with Crippen LogP contribution in [0.2, 0.25) is 0 Å². The number of piperazine rings is 1. The van der Waals surface area contributed by atoms with Crippen molar-refractivity contribution in [1.29, 1.82) is 0 Å². The molecule has 3 N–H and O–H groups in total. The number of nitrogens with zero attached hydrogens (tertiary/aromatic N) is 6. The van der Waals surface area contributed by atoms with E-state index in [2.05, 4.69) is 49.5 Å². The molecule has 3 aliphatic rings. The SMILES string of the molecule is CCn1nccc1C(=O)N[C@H](C(=O)Nc1ccc([C@H](C)[C@@H](NC(=O)c2cnns2)C(=O)N2CCN(C)C3(CC3)C2)cc1F)C1CCC(C)CC1. The molecule has 1 saturated heterocycles. The molecule has 1 aliphatic heterocycles. The number of amides is 4. The van der Waals surface area contributed by atoms with Crippen LogP contribution in [0.1, 0.15) is 90.9 Å². The molecule has 0 radical (unpaired) electrons. The second-order valence-corrected chi connectivity index (χ2v) is 14.9. The largest absolute Gasteiger partial charge is 0.339 e. The van der Waals surface area contributed by atoms with E-state index in [0.717, 1.165) is 56.6 Å². The van der Waals surface area contributed by atoms with Crippen molar-refractivity contribution < 1.29 is 23.6 Å². The Balaban J connectivity index is 1.20. The van der Waals surface area contributed by atoms with Gasteiger partial charge in [-0.2, -0.15) is 5.10 Å². The Kier molecular flexibility index (Phi) is 10.6.